The monoisotopic (exact) mass is 200 g/mol. The van der Waals surface area contributed by atoms with Crippen LogP contribution >= 0.6 is 11.6 Å². The Kier molecular flexibility index (Phi) is 3.31. The van der Waals surface area contributed by atoms with Crippen molar-refractivity contribution in [2.24, 2.45) is 5.92 Å². The number of aromatic nitrogens is 2. The summed E-state index contributed by atoms with van der Waals surface area (Å²) in [4.78, 5) is 7.67. The standard InChI is InChI=1S/C8H13ClN4/c1-5(2)3-11-6-7(9)12-4-13-8(6)10/h4-5,11H,3H2,1-2H3,(H2,10,12,13). The molecule has 5 heteroatoms. The Balaban J connectivity index is 2.75. The van der Waals surface area contributed by atoms with Crippen molar-refractivity contribution >= 4 is 23.1 Å². The molecule has 0 atom stereocenters. The van der Waals surface area contributed by atoms with E-state index in [0.29, 0.717) is 22.6 Å². The molecule has 1 heterocycles. The maximum absolute atomic E-state index is 5.82. The number of hydrogen-bond donors (Lipinski definition) is 2. The fraction of sp³-hybridized carbons (Fsp3) is 0.500. The van der Waals surface area contributed by atoms with E-state index in [2.05, 4.69) is 29.1 Å². The van der Waals surface area contributed by atoms with Gasteiger partial charge in [0.1, 0.15) is 12.0 Å². The normalized spacial score (nSPS) is 10.5. The average Bonchev–Trinajstić information content (AvgIpc) is 2.03. The molecule has 0 bridgehead atoms. The zero-order valence-electron chi connectivity index (χ0n) is 7.71. The van der Waals surface area contributed by atoms with Gasteiger partial charge in [0.15, 0.2) is 11.0 Å². The van der Waals surface area contributed by atoms with E-state index in [1.54, 1.807) is 0 Å². The second-order valence-electron chi connectivity index (χ2n) is 3.20. The van der Waals surface area contributed by atoms with Crippen molar-refractivity contribution in [2.75, 3.05) is 17.6 Å². The summed E-state index contributed by atoms with van der Waals surface area (Å²) in [6, 6.07) is 0. The number of nitrogen functional groups attached to an aromatic ring is 1. The summed E-state index contributed by atoms with van der Waals surface area (Å²) in [5.74, 6) is 0.913. The lowest BCUT2D eigenvalue weighted by Gasteiger charge is -2.10. The van der Waals surface area contributed by atoms with Crippen molar-refractivity contribution < 1.29 is 0 Å². The first-order chi connectivity index (χ1) is 6.11. The Hall–Kier alpha value is -1.03. The van der Waals surface area contributed by atoms with Crippen LogP contribution in [0.4, 0.5) is 11.5 Å². The molecule has 0 amide bonds. The van der Waals surface area contributed by atoms with Crippen molar-refractivity contribution in [3.63, 3.8) is 0 Å². The van der Waals surface area contributed by atoms with Gasteiger partial charge in [0.25, 0.3) is 0 Å². The molecule has 0 spiro atoms. The van der Waals surface area contributed by atoms with Gasteiger partial charge in [0, 0.05) is 6.54 Å². The highest BCUT2D eigenvalue weighted by atomic mass is 35.5. The summed E-state index contributed by atoms with van der Waals surface area (Å²) in [7, 11) is 0. The molecule has 0 saturated carbocycles. The third-order valence-electron chi connectivity index (χ3n) is 1.52. The quantitative estimate of drug-likeness (QED) is 0.731. The van der Waals surface area contributed by atoms with E-state index in [0.717, 1.165) is 6.54 Å². The van der Waals surface area contributed by atoms with Crippen LogP contribution in [0.3, 0.4) is 0 Å². The smallest absolute Gasteiger partial charge is 0.157 e. The molecule has 72 valence electrons. The molecule has 0 fully saturated rings. The van der Waals surface area contributed by atoms with Crippen molar-refractivity contribution in [3.8, 4) is 0 Å². The first kappa shape index (κ1) is 10.1. The summed E-state index contributed by atoms with van der Waals surface area (Å²) in [6.45, 7) is 5.00. The molecule has 1 aromatic rings. The van der Waals surface area contributed by atoms with E-state index in [-0.39, 0.29) is 0 Å². The van der Waals surface area contributed by atoms with Crippen LogP contribution in [0, 0.1) is 5.92 Å². The Labute approximate surface area is 82.5 Å². The maximum Gasteiger partial charge on any atom is 0.157 e. The number of nitrogens with one attached hydrogen (secondary N) is 1. The van der Waals surface area contributed by atoms with Crippen LogP contribution in [-0.2, 0) is 0 Å². The zero-order valence-corrected chi connectivity index (χ0v) is 8.47. The first-order valence-corrected chi connectivity index (χ1v) is 4.49. The Morgan fingerprint density at radius 3 is 2.77 bits per heavy atom. The van der Waals surface area contributed by atoms with Gasteiger partial charge >= 0.3 is 0 Å². The minimum atomic E-state index is 0.369. The van der Waals surface area contributed by atoms with Crippen molar-refractivity contribution in [2.45, 2.75) is 13.8 Å². The third-order valence-corrected chi connectivity index (χ3v) is 1.80. The molecule has 3 N–H and O–H groups in total. The van der Waals surface area contributed by atoms with E-state index < -0.39 is 0 Å². The molecule has 0 aliphatic heterocycles. The summed E-state index contributed by atoms with van der Waals surface area (Å²) >= 11 is 5.82. The number of hydrogen-bond acceptors (Lipinski definition) is 4. The second-order valence-corrected chi connectivity index (χ2v) is 3.56. The molecule has 0 radical (unpaired) electrons. The summed E-state index contributed by atoms with van der Waals surface area (Å²) in [5.41, 5.74) is 6.23. The molecule has 0 aromatic carbocycles. The number of nitrogens with two attached hydrogens (primary N) is 1. The number of anilines is 2. The lowest BCUT2D eigenvalue weighted by Crippen LogP contribution is -2.11. The molecule has 4 nitrogen and oxygen atoms in total. The molecule has 13 heavy (non-hydrogen) atoms. The summed E-state index contributed by atoms with van der Waals surface area (Å²) < 4.78 is 0. The van der Waals surface area contributed by atoms with Crippen LogP contribution in [0.5, 0.6) is 0 Å². The van der Waals surface area contributed by atoms with Gasteiger partial charge < -0.3 is 11.1 Å². The first-order valence-electron chi connectivity index (χ1n) is 4.11. The van der Waals surface area contributed by atoms with Crippen LogP contribution in [-0.4, -0.2) is 16.5 Å². The van der Waals surface area contributed by atoms with Crippen LogP contribution in [0.25, 0.3) is 0 Å². The minimum absolute atomic E-state index is 0.369. The largest absolute Gasteiger partial charge is 0.382 e. The highest BCUT2D eigenvalue weighted by Gasteiger charge is 2.06. The van der Waals surface area contributed by atoms with Crippen molar-refractivity contribution in [1.29, 1.82) is 0 Å². The van der Waals surface area contributed by atoms with Gasteiger partial charge in [-0.3, -0.25) is 0 Å². The average molecular weight is 201 g/mol. The van der Waals surface area contributed by atoms with Crippen LogP contribution < -0.4 is 11.1 Å². The number of halogens is 1. The maximum atomic E-state index is 5.82. The van der Waals surface area contributed by atoms with Gasteiger partial charge in [-0.25, -0.2) is 9.97 Å². The highest BCUT2D eigenvalue weighted by molar-refractivity contribution is 6.32. The second kappa shape index (κ2) is 4.28. The SMILES string of the molecule is CC(C)CNc1c(N)ncnc1Cl. The summed E-state index contributed by atoms with van der Waals surface area (Å²) in [6.07, 6.45) is 1.35. The highest BCUT2D eigenvalue weighted by Crippen LogP contribution is 2.23. The lowest BCUT2D eigenvalue weighted by molar-refractivity contribution is 0.688. The molecular weight excluding hydrogens is 188 g/mol. The van der Waals surface area contributed by atoms with Crippen LogP contribution in [0.1, 0.15) is 13.8 Å². The molecular formula is C8H13ClN4. The fourth-order valence-electron chi connectivity index (χ4n) is 0.846. The Morgan fingerprint density at radius 2 is 2.23 bits per heavy atom. The lowest BCUT2D eigenvalue weighted by atomic mass is 10.2. The van der Waals surface area contributed by atoms with Gasteiger partial charge in [-0.1, -0.05) is 25.4 Å². The molecule has 0 unspecified atom stereocenters. The van der Waals surface area contributed by atoms with Gasteiger partial charge in [-0.05, 0) is 5.92 Å². The zero-order chi connectivity index (χ0) is 9.84. The van der Waals surface area contributed by atoms with Gasteiger partial charge in [0.05, 0.1) is 0 Å². The van der Waals surface area contributed by atoms with E-state index in [9.17, 15) is 0 Å². The van der Waals surface area contributed by atoms with Crippen molar-refractivity contribution in [3.05, 3.63) is 11.5 Å². The molecule has 0 aliphatic rings. The van der Waals surface area contributed by atoms with E-state index in [4.69, 9.17) is 17.3 Å². The van der Waals surface area contributed by atoms with Gasteiger partial charge in [0.2, 0.25) is 0 Å². The fourth-order valence-corrected chi connectivity index (χ4v) is 1.05. The van der Waals surface area contributed by atoms with Crippen LogP contribution in [0.15, 0.2) is 6.33 Å². The van der Waals surface area contributed by atoms with Gasteiger partial charge in [-0.2, -0.15) is 0 Å². The minimum Gasteiger partial charge on any atom is -0.382 e. The predicted octanol–water partition coefficient (Wildman–Crippen LogP) is 1.78. The van der Waals surface area contributed by atoms with Gasteiger partial charge in [-0.15, -0.1) is 0 Å². The third kappa shape index (κ3) is 2.73. The summed E-state index contributed by atoms with van der Waals surface area (Å²) in [5, 5.41) is 3.47. The van der Waals surface area contributed by atoms with Crippen LogP contribution in [0.2, 0.25) is 5.15 Å². The van der Waals surface area contributed by atoms with E-state index >= 15 is 0 Å². The molecule has 0 saturated heterocycles. The Bertz CT molecular complexity index is 267. The number of nitrogens with zero attached hydrogens (tertiary/aromatic N) is 2. The van der Waals surface area contributed by atoms with E-state index in [1.165, 1.54) is 6.33 Å². The molecule has 1 rings (SSSR count). The topological polar surface area (TPSA) is 63.8 Å². The Morgan fingerprint density at radius 1 is 1.54 bits per heavy atom. The molecule has 0 aliphatic carbocycles. The number of rotatable bonds is 3. The molecule has 1 aromatic heterocycles. The van der Waals surface area contributed by atoms with Crippen molar-refractivity contribution in [1.82, 2.24) is 9.97 Å². The predicted molar refractivity (Wildman–Crippen MR) is 54.8 cm³/mol. The van der Waals surface area contributed by atoms with E-state index in [1.807, 2.05) is 0 Å².